The van der Waals surface area contributed by atoms with E-state index in [1.807, 2.05) is 17.8 Å². The van der Waals surface area contributed by atoms with Crippen LogP contribution in [0.2, 0.25) is 0 Å². The maximum Gasteiger partial charge on any atom is 0.189 e. The molecular formula is C13H16N2S. The molecule has 2 nitrogen and oxygen atoms in total. The maximum atomic E-state index is 4.68. The van der Waals surface area contributed by atoms with Gasteiger partial charge in [-0.05, 0) is 43.5 Å². The first kappa shape index (κ1) is 11.1. The van der Waals surface area contributed by atoms with E-state index in [9.17, 15) is 0 Å². The third-order valence-electron chi connectivity index (χ3n) is 3.01. The smallest absolute Gasteiger partial charge is 0.189 e. The minimum atomic E-state index is 1.03. The van der Waals surface area contributed by atoms with E-state index in [1.54, 1.807) is 11.3 Å². The number of rotatable bonds is 1. The Labute approximate surface area is 99.9 Å². The molecule has 1 heterocycles. The van der Waals surface area contributed by atoms with Crippen molar-refractivity contribution in [2.75, 3.05) is 0 Å². The van der Waals surface area contributed by atoms with Crippen LogP contribution >= 0.6 is 11.3 Å². The van der Waals surface area contributed by atoms with Crippen LogP contribution in [-0.2, 0) is 7.05 Å². The van der Waals surface area contributed by atoms with Crippen molar-refractivity contribution < 1.29 is 0 Å². The number of hydrogen-bond acceptors (Lipinski definition) is 2. The summed E-state index contributed by atoms with van der Waals surface area (Å²) in [7, 11) is 2.02. The van der Waals surface area contributed by atoms with Crippen molar-refractivity contribution in [2.24, 2.45) is 12.0 Å². The number of nitrogens with zero attached hydrogens (tertiary/aromatic N) is 2. The average molecular weight is 232 g/mol. The van der Waals surface area contributed by atoms with Gasteiger partial charge in [0.25, 0.3) is 0 Å². The van der Waals surface area contributed by atoms with Crippen molar-refractivity contribution in [1.29, 1.82) is 0 Å². The zero-order valence-corrected chi connectivity index (χ0v) is 10.9. The Hall–Kier alpha value is -1.35. The first-order valence-electron chi connectivity index (χ1n) is 5.31. The third kappa shape index (κ3) is 1.95. The fourth-order valence-electron chi connectivity index (χ4n) is 1.60. The van der Waals surface area contributed by atoms with Crippen molar-refractivity contribution in [2.45, 2.75) is 20.8 Å². The molecule has 0 radical (unpaired) electrons. The van der Waals surface area contributed by atoms with Crippen LogP contribution in [0.15, 0.2) is 28.7 Å². The first-order valence-corrected chi connectivity index (χ1v) is 6.19. The van der Waals surface area contributed by atoms with Gasteiger partial charge < -0.3 is 4.57 Å². The van der Waals surface area contributed by atoms with E-state index in [2.05, 4.69) is 43.3 Å². The van der Waals surface area contributed by atoms with E-state index >= 15 is 0 Å². The molecule has 0 saturated heterocycles. The fraction of sp³-hybridized carbons (Fsp3) is 0.308. The minimum Gasteiger partial charge on any atom is -0.327 e. The van der Waals surface area contributed by atoms with Gasteiger partial charge in [0.15, 0.2) is 4.80 Å². The van der Waals surface area contributed by atoms with Gasteiger partial charge in [0.05, 0.1) is 5.69 Å². The molecule has 1 aromatic heterocycles. The number of aromatic nitrogens is 1. The highest BCUT2D eigenvalue weighted by Crippen LogP contribution is 2.23. The highest BCUT2D eigenvalue weighted by Gasteiger charge is 2.02. The van der Waals surface area contributed by atoms with Gasteiger partial charge >= 0.3 is 0 Å². The van der Waals surface area contributed by atoms with Gasteiger partial charge in [0.2, 0.25) is 0 Å². The van der Waals surface area contributed by atoms with Gasteiger partial charge in [0, 0.05) is 18.6 Å². The van der Waals surface area contributed by atoms with Crippen molar-refractivity contribution in [3.63, 3.8) is 0 Å². The first-order chi connectivity index (χ1) is 7.59. The zero-order chi connectivity index (χ0) is 11.7. The molecule has 0 aliphatic heterocycles. The summed E-state index contributed by atoms with van der Waals surface area (Å²) in [6, 6.07) is 4.23. The average Bonchev–Trinajstić information content (AvgIpc) is 2.65. The molecule has 0 saturated carbocycles. The van der Waals surface area contributed by atoms with Crippen molar-refractivity contribution in [3.05, 3.63) is 45.2 Å². The van der Waals surface area contributed by atoms with Crippen LogP contribution in [-0.4, -0.2) is 4.57 Å². The molecule has 3 heteroatoms. The molecule has 1 aromatic carbocycles. The van der Waals surface area contributed by atoms with Crippen molar-refractivity contribution >= 4 is 17.0 Å². The number of hydrogen-bond donors (Lipinski definition) is 0. The van der Waals surface area contributed by atoms with Crippen LogP contribution in [0.25, 0.3) is 0 Å². The number of thiazole rings is 1. The second-order valence-corrected chi connectivity index (χ2v) is 4.93. The molecule has 0 bridgehead atoms. The highest BCUT2D eigenvalue weighted by molar-refractivity contribution is 7.07. The van der Waals surface area contributed by atoms with E-state index in [0.29, 0.717) is 0 Å². The summed E-state index contributed by atoms with van der Waals surface area (Å²) in [6.45, 7) is 6.42. The zero-order valence-electron chi connectivity index (χ0n) is 10.1. The molecule has 0 amide bonds. The highest BCUT2D eigenvalue weighted by atomic mass is 32.1. The van der Waals surface area contributed by atoms with Crippen LogP contribution in [0, 0.1) is 20.8 Å². The molecule has 0 N–H and O–H groups in total. The topological polar surface area (TPSA) is 17.3 Å². The number of aryl methyl sites for hydroxylation is 2. The molecular weight excluding hydrogens is 216 g/mol. The molecule has 2 rings (SSSR count). The monoisotopic (exact) mass is 232 g/mol. The largest absolute Gasteiger partial charge is 0.327 e. The summed E-state index contributed by atoms with van der Waals surface area (Å²) < 4.78 is 2.04. The van der Waals surface area contributed by atoms with Crippen LogP contribution in [0.1, 0.15) is 16.7 Å². The van der Waals surface area contributed by atoms with Crippen LogP contribution in [0.3, 0.4) is 0 Å². The van der Waals surface area contributed by atoms with Gasteiger partial charge in [-0.3, -0.25) is 0 Å². The maximum absolute atomic E-state index is 4.68. The van der Waals surface area contributed by atoms with E-state index < -0.39 is 0 Å². The molecule has 0 aliphatic carbocycles. The third-order valence-corrected chi connectivity index (χ3v) is 3.85. The van der Waals surface area contributed by atoms with Crippen molar-refractivity contribution in [3.8, 4) is 0 Å². The lowest BCUT2D eigenvalue weighted by molar-refractivity contribution is 0.873. The van der Waals surface area contributed by atoms with E-state index in [-0.39, 0.29) is 0 Å². The summed E-state index contributed by atoms with van der Waals surface area (Å²) in [5, 5.41) is 2.05. The van der Waals surface area contributed by atoms with Gasteiger partial charge in [-0.2, -0.15) is 0 Å². The Morgan fingerprint density at radius 2 is 1.88 bits per heavy atom. The molecule has 0 unspecified atom stereocenters. The summed E-state index contributed by atoms with van der Waals surface area (Å²) in [6.07, 6.45) is 2.03. The van der Waals surface area contributed by atoms with Gasteiger partial charge in [0.1, 0.15) is 0 Å². The summed E-state index contributed by atoms with van der Waals surface area (Å²) in [5.41, 5.74) is 5.00. The Balaban J connectivity index is 2.60. The molecule has 0 spiro atoms. The van der Waals surface area contributed by atoms with E-state index in [4.69, 9.17) is 0 Å². The van der Waals surface area contributed by atoms with E-state index in [0.717, 1.165) is 10.5 Å². The fourth-order valence-corrected chi connectivity index (χ4v) is 2.34. The SMILES string of the molecule is Cc1ccc(N=c2sccn2C)c(C)c1C. The predicted octanol–water partition coefficient (Wildman–Crippen LogP) is 3.24. The lowest BCUT2D eigenvalue weighted by Gasteiger charge is -2.06. The summed E-state index contributed by atoms with van der Waals surface area (Å²) in [5.74, 6) is 0. The van der Waals surface area contributed by atoms with Gasteiger partial charge in [-0.25, -0.2) is 4.99 Å². The van der Waals surface area contributed by atoms with Crippen molar-refractivity contribution in [1.82, 2.24) is 4.57 Å². The molecule has 84 valence electrons. The number of benzene rings is 1. The van der Waals surface area contributed by atoms with Crippen LogP contribution < -0.4 is 4.80 Å². The second-order valence-electron chi connectivity index (χ2n) is 4.06. The molecule has 16 heavy (non-hydrogen) atoms. The Morgan fingerprint density at radius 3 is 2.50 bits per heavy atom. The summed E-state index contributed by atoms with van der Waals surface area (Å²) in [4.78, 5) is 5.72. The minimum absolute atomic E-state index is 1.03. The molecule has 0 fully saturated rings. The molecule has 0 aliphatic rings. The van der Waals surface area contributed by atoms with Gasteiger partial charge in [-0.15, -0.1) is 11.3 Å². The Kier molecular flexibility index (Phi) is 2.97. The Morgan fingerprint density at radius 1 is 1.12 bits per heavy atom. The summed E-state index contributed by atoms with van der Waals surface area (Å²) >= 11 is 1.66. The Bertz CT molecular complexity index is 576. The lowest BCUT2D eigenvalue weighted by atomic mass is 10.0. The lowest BCUT2D eigenvalue weighted by Crippen LogP contribution is -2.08. The predicted molar refractivity (Wildman–Crippen MR) is 69.2 cm³/mol. The van der Waals surface area contributed by atoms with Gasteiger partial charge in [-0.1, -0.05) is 6.07 Å². The quantitative estimate of drug-likeness (QED) is 0.718. The second kappa shape index (κ2) is 4.26. The van der Waals surface area contributed by atoms with E-state index in [1.165, 1.54) is 16.7 Å². The standard InChI is InChI=1S/C13H16N2S/c1-9-5-6-12(11(3)10(9)2)14-13-15(4)7-8-16-13/h5-8H,1-4H3. The normalized spacial score (nSPS) is 12.1. The molecule has 0 atom stereocenters. The molecule has 2 aromatic rings. The van der Waals surface area contributed by atoms with Crippen LogP contribution in [0.4, 0.5) is 5.69 Å². The van der Waals surface area contributed by atoms with Crippen LogP contribution in [0.5, 0.6) is 0 Å².